The summed E-state index contributed by atoms with van der Waals surface area (Å²) in [5, 5.41) is 0. The lowest BCUT2D eigenvalue weighted by Gasteiger charge is -2.23. The third-order valence-electron chi connectivity index (χ3n) is 4.58. The van der Waals surface area contributed by atoms with Crippen LogP contribution in [-0.4, -0.2) is 54.1 Å². The molecule has 25 heavy (non-hydrogen) atoms. The maximum Gasteiger partial charge on any atom is 0.151 e. The Hall–Kier alpha value is -1.86. The Labute approximate surface area is 149 Å². The van der Waals surface area contributed by atoms with Crippen LogP contribution < -0.4 is 4.74 Å². The number of hydrogen-bond donors (Lipinski definition) is 0. The number of sulfone groups is 1. The van der Waals surface area contributed by atoms with Crippen LogP contribution in [0.5, 0.6) is 5.75 Å². The Morgan fingerprint density at radius 2 is 2.12 bits per heavy atom. The van der Waals surface area contributed by atoms with E-state index >= 15 is 0 Å². The van der Waals surface area contributed by atoms with Crippen molar-refractivity contribution in [2.75, 3.05) is 25.2 Å². The summed E-state index contributed by atoms with van der Waals surface area (Å²) in [4.78, 5) is 6.14. The summed E-state index contributed by atoms with van der Waals surface area (Å²) in [6.07, 6.45) is 7.19. The van der Waals surface area contributed by atoms with Gasteiger partial charge in [-0.2, -0.15) is 0 Å². The summed E-state index contributed by atoms with van der Waals surface area (Å²) in [5.74, 6) is 1.45. The summed E-state index contributed by atoms with van der Waals surface area (Å²) in [6.45, 7) is 2.31. The van der Waals surface area contributed by atoms with Gasteiger partial charge >= 0.3 is 0 Å². The van der Waals surface area contributed by atoms with Gasteiger partial charge in [0.05, 0.1) is 24.4 Å². The second-order valence-electron chi connectivity index (χ2n) is 6.62. The average molecular weight is 363 g/mol. The van der Waals surface area contributed by atoms with Gasteiger partial charge in [0.15, 0.2) is 9.84 Å². The second kappa shape index (κ2) is 8.01. The molecule has 0 bridgehead atoms. The van der Waals surface area contributed by atoms with Gasteiger partial charge in [0.25, 0.3) is 0 Å². The highest BCUT2D eigenvalue weighted by Gasteiger charge is 2.30. The molecule has 7 heteroatoms. The number of rotatable bonds is 8. The van der Waals surface area contributed by atoms with Crippen molar-refractivity contribution >= 4 is 9.84 Å². The van der Waals surface area contributed by atoms with Gasteiger partial charge in [0.2, 0.25) is 0 Å². The van der Waals surface area contributed by atoms with Crippen LogP contribution >= 0.6 is 0 Å². The van der Waals surface area contributed by atoms with E-state index < -0.39 is 9.84 Å². The van der Waals surface area contributed by atoms with E-state index in [9.17, 15) is 8.42 Å². The van der Waals surface area contributed by atoms with Gasteiger partial charge in [-0.1, -0.05) is 12.1 Å². The molecule has 1 aromatic heterocycles. The molecule has 0 N–H and O–H groups in total. The molecule has 1 atom stereocenters. The molecule has 0 aliphatic carbocycles. The molecule has 1 aliphatic rings. The highest BCUT2D eigenvalue weighted by Crippen LogP contribution is 2.19. The van der Waals surface area contributed by atoms with Crippen molar-refractivity contribution in [2.45, 2.75) is 32.0 Å². The lowest BCUT2D eigenvalue weighted by molar-refractivity contribution is 0.253. The molecule has 1 aliphatic heterocycles. The first-order valence-electron chi connectivity index (χ1n) is 8.60. The summed E-state index contributed by atoms with van der Waals surface area (Å²) >= 11 is 0. The molecule has 0 saturated carbocycles. The molecule has 0 unspecified atom stereocenters. The minimum atomic E-state index is -2.84. The smallest absolute Gasteiger partial charge is 0.151 e. The van der Waals surface area contributed by atoms with Crippen molar-refractivity contribution < 1.29 is 13.2 Å². The van der Waals surface area contributed by atoms with E-state index in [-0.39, 0.29) is 11.8 Å². The molecular weight excluding hydrogens is 338 g/mol. The third kappa shape index (κ3) is 5.31. The summed E-state index contributed by atoms with van der Waals surface area (Å²) in [5.41, 5.74) is 1.16. The van der Waals surface area contributed by atoms with Gasteiger partial charge in [-0.05, 0) is 37.6 Å². The highest BCUT2D eigenvalue weighted by atomic mass is 32.2. The number of ether oxygens (including phenoxy) is 1. The van der Waals surface area contributed by atoms with E-state index in [0.717, 1.165) is 37.2 Å². The van der Waals surface area contributed by atoms with Gasteiger partial charge in [-0.15, -0.1) is 0 Å². The lowest BCUT2D eigenvalue weighted by Crippen LogP contribution is -2.32. The molecule has 3 rings (SSSR count). The number of imidazole rings is 1. The number of aromatic nitrogens is 2. The molecule has 0 radical (unpaired) electrons. The molecular formula is C18H25N3O3S. The quantitative estimate of drug-likeness (QED) is 0.671. The van der Waals surface area contributed by atoms with Crippen LogP contribution in [0.4, 0.5) is 0 Å². The molecule has 0 amide bonds. The zero-order chi connectivity index (χ0) is 17.7. The second-order valence-corrected chi connectivity index (χ2v) is 8.85. The minimum absolute atomic E-state index is 0.129. The van der Waals surface area contributed by atoms with Crippen LogP contribution in [0, 0.1) is 0 Å². The Balaban J connectivity index is 1.42. The standard InChI is InChI=1S/C18H25N3O3S/c1-20(17-7-12-25(22,23)14-17)13-16-3-5-18(6-4-16)24-11-2-9-21-10-8-19-15-21/h3-6,8,10,15,17H,2,7,9,11-14H2,1H3/t17-/m1/s1. The summed E-state index contributed by atoms with van der Waals surface area (Å²) in [6, 6.07) is 8.18. The first-order valence-corrected chi connectivity index (χ1v) is 10.4. The predicted octanol–water partition coefficient (Wildman–Crippen LogP) is 1.97. The van der Waals surface area contributed by atoms with E-state index in [1.54, 1.807) is 12.5 Å². The molecule has 1 saturated heterocycles. The van der Waals surface area contributed by atoms with Crippen LogP contribution in [0.15, 0.2) is 43.0 Å². The Kier molecular flexibility index (Phi) is 5.75. The first kappa shape index (κ1) is 17.9. The predicted molar refractivity (Wildman–Crippen MR) is 97.3 cm³/mol. The van der Waals surface area contributed by atoms with Gasteiger partial charge in [-0.25, -0.2) is 13.4 Å². The van der Waals surface area contributed by atoms with Crippen molar-refractivity contribution in [3.63, 3.8) is 0 Å². The van der Waals surface area contributed by atoms with E-state index in [1.807, 2.05) is 42.1 Å². The molecule has 2 heterocycles. The molecule has 0 spiro atoms. The van der Waals surface area contributed by atoms with Crippen LogP contribution in [0.1, 0.15) is 18.4 Å². The number of aryl methyl sites for hydroxylation is 1. The van der Waals surface area contributed by atoms with Crippen LogP contribution in [0.25, 0.3) is 0 Å². The number of hydrogen-bond acceptors (Lipinski definition) is 5. The van der Waals surface area contributed by atoms with E-state index in [2.05, 4.69) is 9.88 Å². The lowest BCUT2D eigenvalue weighted by atomic mass is 10.1. The van der Waals surface area contributed by atoms with E-state index in [4.69, 9.17) is 4.74 Å². The van der Waals surface area contributed by atoms with Crippen molar-refractivity contribution in [3.8, 4) is 5.75 Å². The zero-order valence-electron chi connectivity index (χ0n) is 14.5. The monoisotopic (exact) mass is 363 g/mol. The maximum atomic E-state index is 11.6. The molecule has 1 fully saturated rings. The Bertz CT molecular complexity index is 757. The van der Waals surface area contributed by atoms with Crippen molar-refractivity contribution in [3.05, 3.63) is 48.5 Å². The summed E-state index contributed by atoms with van der Waals surface area (Å²) in [7, 11) is -0.844. The van der Waals surface area contributed by atoms with Gasteiger partial charge < -0.3 is 9.30 Å². The first-order chi connectivity index (χ1) is 12.0. The van der Waals surface area contributed by atoms with Gasteiger partial charge in [0.1, 0.15) is 5.75 Å². The van der Waals surface area contributed by atoms with E-state index in [0.29, 0.717) is 12.4 Å². The largest absolute Gasteiger partial charge is 0.494 e. The summed E-state index contributed by atoms with van der Waals surface area (Å²) < 4.78 is 31.0. The van der Waals surface area contributed by atoms with E-state index in [1.165, 1.54) is 0 Å². The minimum Gasteiger partial charge on any atom is -0.494 e. The number of nitrogens with zero attached hydrogens (tertiary/aromatic N) is 3. The molecule has 136 valence electrons. The fraction of sp³-hybridized carbons (Fsp3) is 0.500. The normalized spacial score (nSPS) is 19.4. The maximum absolute atomic E-state index is 11.6. The topological polar surface area (TPSA) is 64.4 Å². The van der Waals surface area contributed by atoms with Crippen LogP contribution in [0.3, 0.4) is 0 Å². The highest BCUT2D eigenvalue weighted by molar-refractivity contribution is 7.91. The Morgan fingerprint density at radius 3 is 2.76 bits per heavy atom. The number of benzene rings is 1. The molecule has 6 nitrogen and oxygen atoms in total. The fourth-order valence-electron chi connectivity index (χ4n) is 3.09. The average Bonchev–Trinajstić information content (AvgIpc) is 3.22. The van der Waals surface area contributed by atoms with Crippen molar-refractivity contribution in [1.82, 2.24) is 14.5 Å². The molecule has 2 aromatic rings. The zero-order valence-corrected chi connectivity index (χ0v) is 15.4. The fourth-order valence-corrected chi connectivity index (χ4v) is 4.89. The SMILES string of the molecule is CN(Cc1ccc(OCCCn2ccnc2)cc1)[C@@H]1CCS(=O)(=O)C1. The molecule has 1 aromatic carbocycles. The van der Waals surface area contributed by atoms with Crippen LogP contribution in [-0.2, 0) is 22.9 Å². The third-order valence-corrected chi connectivity index (χ3v) is 6.33. The van der Waals surface area contributed by atoms with Gasteiger partial charge in [0, 0.05) is 31.5 Å². The van der Waals surface area contributed by atoms with Gasteiger partial charge in [-0.3, -0.25) is 4.90 Å². The van der Waals surface area contributed by atoms with Crippen molar-refractivity contribution in [2.24, 2.45) is 0 Å². The van der Waals surface area contributed by atoms with Crippen molar-refractivity contribution in [1.29, 1.82) is 0 Å². The van der Waals surface area contributed by atoms with Crippen LogP contribution in [0.2, 0.25) is 0 Å². The Morgan fingerprint density at radius 1 is 1.32 bits per heavy atom.